The number of carbonyl (C=O) groups excluding carboxylic acids is 2. The molecule has 0 bridgehead atoms. The number of hydrogen-bond donors (Lipinski definition) is 2. The first-order valence-corrected chi connectivity index (χ1v) is 11.5. The highest BCUT2D eigenvalue weighted by Crippen LogP contribution is 2.17. The summed E-state index contributed by atoms with van der Waals surface area (Å²) in [6, 6.07) is 12.6. The van der Waals surface area contributed by atoms with E-state index in [0.717, 1.165) is 5.56 Å². The lowest BCUT2D eigenvalue weighted by Crippen LogP contribution is -2.31. The first-order chi connectivity index (χ1) is 14.7. The topological polar surface area (TPSA) is 111 Å². The molecule has 2 rings (SSSR count). The van der Waals surface area contributed by atoms with Gasteiger partial charge >= 0.3 is 5.97 Å². The molecular weight excluding hydrogens is 420 g/mol. The number of benzene rings is 2. The molecule has 0 aromatic heterocycles. The van der Waals surface area contributed by atoms with Gasteiger partial charge in [0.25, 0.3) is 5.91 Å². The van der Waals surface area contributed by atoms with Crippen LogP contribution in [0.25, 0.3) is 0 Å². The van der Waals surface area contributed by atoms with E-state index < -0.39 is 10.0 Å². The number of rotatable bonds is 11. The first kappa shape index (κ1) is 24.4. The Labute approximate surface area is 183 Å². The smallest absolute Gasteiger partial charge is 0.310 e. The van der Waals surface area contributed by atoms with E-state index in [1.165, 1.54) is 24.3 Å². The van der Waals surface area contributed by atoms with Gasteiger partial charge in [0.05, 0.1) is 17.9 Å². The second-order valence-electron chi connectivity index (χ2n) is 6.92. The molecule has 0 aliphatic heterocycles. The maximum atomic E-state index is 12.3. The van der Waals surface area contributed by atoms with Crippen molar-refractivity contribution in [3.8, 4) is 5.75 Å². The maximum Gasteiger partial charge on any atom is 0.310 e. The monoisotopic (exact) mass is 448 g/mol. The molecule has 0 unspecified atom stereocenters. The lowest BCUT2D eigenvalue weighted by atomic mass is 10.1. The molecule has 0 radical (unpaired) electrons. The lowest BCUT2D eigenvalue weighted by molar-refractivity contribution is -0.142. The van der Waals surface area contributed by atoms with Crippen LogP contribution >= 0.6 is 0 Å². The summed E-state index contributed by atoms with van der Waals surface area (Å²) in [6.45, 7) is 5.54. The van der Waals surface area contributed by atoms with Crippen LogP contribution in [0, 0.1) is 0 Å². The third-order valence-electron chi connectivity index (χ3n) is 4.36. The minimum absolute atomic E-state index is 0.132. The van der Waals surface area contributed by atoms with E-state index in [1.54, 1.807) is 38.1 Å². The standard InChI is InChI=1S/C22H28N2O6S/c1-4-16(3)24-31(27,28)20-12-10-19(11-13-20)30-15-21(25)23-18-8-6-17(7-9-18)14-22(26)29-5-2/h6-13,16,24H,4-5,14-15H2,1-3H3,(H,23,25)/t16-/m0/s1. The Morgan fingerprint density at radius 1 is 1.00 bits per heavy atom. The molecule has 2 aromatic rings. The van der Waals surface area contributed by atoms with Gasteiger partial charge in [0.2, 0.25) is 10.0 Å². The van der Waals surface area contributed by atoms with E-state index in [0.29, 0.717) is 24.5 Å². The Morgan fingerprint density at radius 2 is 1.65 bits per heavy atom. The summed E-state index contributed by atoms with van der Waals surface area (Å²) in [5.41, 5.74) is 1.35. The van der Waals surface area contributed by atoms with Gasteiger partial charge in [-0.3, -0.25) is 9.59 Å². The van der Waals surface area contributed by atoms with Gasteiger partial charge in [-0.1, -0.05) is 19.1 Å². The second kappa shape index (κ2) is 11.5. The zero-order chi connectivity index (χ0) is 22.9. The maximum absolute atomic E-state index is 12.3. The van der Waals surface area contributed by atoms with Gasteiger partial charge in [-0.2, -0.15) is 0 Å². The summed E-state index contributed by atoms with van der Waals surface area (Å²) in [7, 11) is -3.59. The number of ether oxygens (including phenoxy) is 2. The van der Waals surface area contributed by atoms with Crippen molar-refractivity contribution in [2.24, 2.45) is 0 Å². The van der Waals surface area contributed by atoms with Crippen molar-refractivity contribution < 1.29 is 27.5 Å². The Hall–Kier alpha value is -2.91. The van der Waals surface area contributed by atoms with Gasteiger partial charge in [0.1, 0.15) is 5.75 Å². The van der Waals surface area contributed by atoms with Crippen molar-refractivity contribution in [1.29, 1.82) is 0 Å². The molecule has 2 N–H and O–H groups in total. The van der Waals surface area contributed by atoms with Crippen molar-refractivity contribution in [3.63, 3.8) is 0 Å². The fraction of sp³-hybridized carbons (Fsp3) is 0.364. The minimum Gasteiger partial charge on any atom is -0.484 e. The molecule has 9 heteroatoms. The Bertz CT molecular complexity index is 972. The number of esters is 1. The van der Waals surface area contributed by atoms with Crippen molar-refractivity contribution in [1.82, 2.24) is 4.72 Å². The van der Waals surface area contributed by atoms with E-state index in [1.807, 2.05) is 6.92 Å². The van der Waals surface area contributed by atoms with E-state index >= 15 is 0 Å². The van der Waals surface area contributed by atoms with Crippen LogP contribution in [0.3, 0.4) is 0 Å². The molecular formula is C22H28N2O6S. The molecule has 0 saturated heterocycles. The van der Waals surface area contributed by atoms with E-state index in [2.05, 4.69) is 10.0 Å². The van der Waals surface area contributed by atoms with Gasteiger partial charge in [-0.05, 0) is 62.2 Å². The number of sulfonamides is 1. The van der Waals surface area contributed by atoms with Crippen molar-refractivity contribution in [2.75, 3.05) is 18.5 Å². The molecule has 31 heavy (non-hydrogen) atoms. The van der Waals surface area contributed by atoms with Crippen LogP contribution in [0.2, 0.25) is 0 Å². The third kappa shape index (κ3) is 8.03. The number of carbonyl (C=O) groups is 2. The van der Waals surface area contributed by atoms with Crippen LogP contribution in [0.4, 0.5) is 5.69 Å². The molecule has 168 valence electrons. The van der Waals surface area contributed by atoms with Crippen molar-refractivity contribution in [3.05, 3.63) is 54.1 Å². The average molecular weight is 449 g/mol. The molecule has 8 nitrogen and oxygen atoms in total. The Kier molecular flexibility index (Phi) is 9.02. The highest BCUT2D eigenvalue weighted by molar-refractivity contribution is 7.89. The molecule has 1 amide bonds. The fourth-order valence-electron chi connectivity index (χ4n) is 2.56. The minimum atomic E-state index is -3.59. The van der Waals surface area contributed by atoms with Gasteiger partial charge in [0.15, 0.2) is 6.61 Å². The zero-order valence-corrected chi connectivity index (χ0v) is 18.7. The average Bonchev–Trinajstić information content (AvgIpc) is 2.74. The van der Waals surface area contributed by atoms with Gasteiger partial charge < -0.3 is 14.8 Å². The van der Waals surface area contributed by atoms with Crippen molar-refractivity contribution >= 4 is 27.6 Å². The van der Waals surface area contributed by atoms with Gasteiger partial charge in [-0.25, -0.2) is 13.1 Å². The number of hydrogen-bond acceptors (Lipinski definition) is 6. The van der Waals surface area contributed by atoms with Crippen LogP contribution in [-0.2, 0) is 30.8 Å². The predicted octanol–water partition coefficient (Wildman–Crippen LogP) is 2.89. The third-order valence-corrected chi connectivity index (χ3v) is 5.97. The number of anilines is 1. The van der Waals surface area contributed by atoms with Crippen LogP contribution in [0.5, 0.6) is 5.75 Å². The summed E-state index contributed by atoms with van der Waals surface area (Å²) in [4.78, 5) is 23.7. The normalized spacial score (nSPS) is 12.1. The SMILES string of the molecule is CCOC(=O)Cc1ccc(NC(=O)COc2ccc(S(=O)(=O)N[C@@H](C)CC)cc2)cc1. The number of nitrogens with one attached hydrogen (secondary N) is 2. The molecule has 1 atom stereocenters. The molecule has 0 spiro atoms. The summed E-state index contributed by atoms with van der Waals surface area (Å²) >= 11 is 0. The zero-order valence-electron chi connectivity index (χ0n) is 17.9. The van der Waals surface area contributed by atoms with E-state index in [-0.39, 0.29) is 35.8 Å². The van der Waals surface area contributed by atoms with Crippen LogP contribution in [0.1, 0.15) is 32.8 Å². The van der Waals surface area contributed by atoms with E-state index in [4.69, 9.17) is 9.47 Å². The molecule has 0 fully saturated rings. The van der Waals surface area contributed by atoms with Crippen molar-refractivity contribution in [2.45, 2.75) is 44.6 Å². The highest BCUT2D eigenvalue weighted by atomic mass is 32.2. The molecule has 2 aromatic carbocycles. The van der Waals surface area contributed by atoms with Crippen LogP contribution in [0.15, 0.2) is 53.4 Å². The van der Waals surface area contributed by atoms with E-state index in [9.17, 15) is 18.0 Å². The quantitative estimate of drug-likeness (QED) is 0.512. The first-order valence-electron chi connectivity index (χ1n) is 10.0. The molecule has 0 aliphatic carbocycles. The summed E-state index contributed by atoms with van der Waals surface area (Å²) < 4.78 is 37.4. The summed E-state index contributed by atoms with van der Waals surface area (Å²) in [5.74, 6) is -0.294. The van der Waals surface area contributed by atoms with Crippen LogP contribution < -0.4 is 14.8 Å². The molecule has 0 heterocycles. The second-order valence-corrected chi connectivity index (χ2v) is 8.63. The summed E-state index contributed by atoms with van der Waals surface area (Å²) in [5, 5.41) is 2.70. The Balaban J connectivity index is 1.85. The fourth-order valence-corrected chi connectivity index (χ4v) is 3.89. The highest BCUT2D eigenvalue weighted by Gasteiger charge is 2.16. The lowest BCUT2D eigenvalue weighted by Gasteiger charge is -2.12. The largest absolute Gasteiger partial charge is 0.484 e. The van der Waals surface area contributed by atoms with Crippen LogP contribution in [-0.4, -0.2) is 39.5 Å². The number of amides is 1. The van der Waals surface area contributed by atoms with Gasteiger partial charge in [-0.15, -0.1) is 0 Å². The predicted molar refractivity (Wildman–Crippen MR) is 117 cm³/mol. The Morgan fingerprint density at radius 3 is 2.23 bits per heavy atom. The van der Waals surface area contributed by atoms with Gasteiger partial charge in [0, 0.05) is 11.7 Å². The summed E-state index contributed by atoms with van der Waals surface area (Å²) in [6.07, 6.45) is 0.855. The molecule has 0 saturated carbocycles. The molecule has 0 aliphatic rings.